The Morgan fingerprint density at radius 2 is 1.67 bits per heavy atom. The first kappa shape index (κ1) is 16.4. The van der Waals surface area contributed by atoms with E-state index in [-0.39, 0.29) is 22.1 Å². The zero-order valence-electron chi connectivity index (χ0n) is 12.5. The highest BCUT2D eigenvalue weighted by molar-refractivity contribution is 8.01. The highest BCUT2D eigenvalue weighted by Crippen LogP contribution is 2.43. The Balaban J connectivity index is 1.83. The summed E-state index contributed by atoms with van der Waals surface area (Å²) in [5.74, 6) is 0.143. The summed E-state index contributed by atoms with van der Waals surface area (Å²) in [7, 11) is 0. The average molecular weight is 355 g/mol. The van der Waals surface area contributed by atoms with E-state index < -0.39 is 0 Å². The summed E-state index contributed by atoms with van der Waals surface area (Å²) in [6, 6.07) is 18.2. The number of hydrogen-bond donors (Lipinski definition) is 0. The minimum absolute atomic E-state index is 0.0374. The molecule has 0 aliphatic carbocycles. The van der Waals surface area contributed by atoms with Gasteiger partial charge in [0.15, 0.2) is 5.78 Å². The van der Waals surface area contributed by atoms with Crippen molar-refractivity contribution < 1.29 is 9.72 Å². The van der Waals surface area contributed by atoms with Crippen LogP contribution in [0.15, 0.2) is 70.3 Å². The van der Waals surface area contributed by atoms with E-state index in [1.807, 2.05) is 36.4 Å². The molecule has 6 heteroatoms. The second kappa shape index (κ2) is 7.42. The molecule has 0 spiro atoms. The summed E-state index contributed by atoms with van der Waals surface area (Å²) in [4.78, 5) is 23.3. The summed E-state index contributed by atoms with van der Waals surface area (Å²) in [5.41, 5.74) is 2.10. The zero-order chi connectivity index (χ0) is 16.9. The van der Waals surface area contributed by atoms with Gasteiger partial charge in [-0.1, -0.05) is 60.7 Å². The number of carbonyl (C=O) groups is 1. The van der Waals surface area contributed by atoms with E-state index in [4.69, 9.17) is 0 Å². The maximum Gasteiger partial charge on any atom is 0.301 e. The summed E-state index contributed by atoms with van der Waals surface area (Å²) in [6.45, 7) is 0. The first-order valence-corrected chi connectivity index (χ1v) is 9.05. The molecule has 0 amide bonds. The van der Waals surface area contributed by atoms with Crippen LogP contribution in [0.3, 0.4) is 0 Å². The van der Waals surface area contributed by atoms with Crippen LogP contribution in [0.25, 0.3) is 11.1 Å². The van der Waals surface area contributed by atoms with Crippen LogP contribution in [0.5, 0.6) is 0 Å². The highest BCUT2D eigenvalue weighted by Gasteiger charge is 2.24. The van der Waals surface area contributed by atoms with E-state index in [0.717, 1.165) is 5.56 Å². The molecule has 3 aromatic rings. The van der Waals surface area contributed by atoms with Gasteiger partial charge in [-0.15, -0.1) is 23.1 Å². The number of nitrogens with zero attached hydrogens (tertiary/aromatic N) is 1. The number of ketones is 1. The van der Waals surface area contributed by atoms with E-state index in [2.05, 4.69) is 0 Å². The van der Waals surface area contributed by atoms with Gasteiger partial charge in [0.25, 0.3) is 0 Å². The number of thioether (sulfide) groups is 1. The molecule has 120 valence electrons. The second-order valence-electron chi connectivity index (χ2n) is 4.99. The van der Waals surface area contributed by atoms with Crippen molar-refractivity contribution >= 4 is 34.6 Å². The van der Waals surface area contributed by atoms with Gasteiger partial charge in [-0.2, -0.15) is 0 Å². The number of benzene rings is 2. The molecular weight excluding hydrogens is 342 g/mol. The number of nitro groups is 1. The van der Waals surface area contributed by atoms with Gasteiger partial charge < -0.3 is 0 Å². The minimum atomic E-state index is -0.367. The van der Waals surface area contributed by atoms with Crippen molar-refractivity contribution in [1.29, 1.82) is 0 Å². The lowest BCUT2D eigenvalue weighted by Gasteiger charge is -2.01. The van der Waals surface area contributed by atoms with Crippen molar-refractivity contribution in [2.75, 3.05) is 5.75 Å². The lowest BCUT2D eigenvalue weighted by molar-refractivity contribution is -0.386. The molecule has 0 fully saturated rings. The molecule has 0 radical (unpaired) electrons. The molecular formula is C18H13NO3S2. The standard InChI is InChI=1S/C18H13NO3S2/c20-16(14-9-5-2-6-10-14)12-24-18-17(19(21)22)15(11-23-18)13-7-3-1-4-8-13/h1-11H,12H2. The predicted molar refractivity (Wildman–Crippen MR) is 97.9 cm³/mol. The monoisotopic (exact) mass is 355 g/mol. The fourth-order valence-electron chi connectivity index (χ4n) is 2.27. The van der Waals surface area contributed by atoms with Crippen molar-refractivity contribution in [1.82, 2.24) is 0 Å². The van der Waals surface area contributed by atoms with Gasteiger partial charge in [0.05, 0.1) is 16.2 Å². The van der Waals surface area contributed by atoms with Crippen molar-refractivity contribution in [3.05, 3.63) is 81.7 Å². The third-order valence-electron chi connectivity index (χ3n) is 3.43. The highest BCUT2D eigenvalue weighted by atomic mass is 32.2. The minimum Gasteiger partial charge on any atom is -0.293 e. The molecule has 0 unspecified atom stereocenters. The Morgan fingerprint density at radius 1 is 1.04 bits per heavy atom. The van der Waals surface area contributed by atoms with Crippen LogP contribution < -0.4 is 0 Å². The molecule has 1 heterocycles. The van der Waals surface area contributed by atoms with E-state index in [1.54, 1.807) is 29.6 Å². The Bertz CT molecular complexity index is 860. The molecule has 0 aliphatic rings. The number of thiophene rings is 1. The third kappa shape index (κ3) is 3.55. The fourth-order valence-corrected chi connectivity index (χ4v) is 4.38. The fraction of sp³-hybridized carbons (Fsp3) is 0.0556. The maximum absolute atomic E-state index is 12.2. The molecule has 2 aromatic carbocycles. The van der Waals surface area contributed by atoms with Crippen LogP contribution >= 0.6 is 23.1 Å². The van der Waals surface area contributed by atoms with Crippen LogP contribution in [-0.2, 0) is 0 Å². The van der Waals surface area contributed by atoms with E-state index in [1.165, 1.54) is 23.1 Å². The molecule has 24 heavy (non-hydrogen) atoms. The predicted octanol–water partition coefficient (Wildman–Crippen LogP) is 5.30. The van der Waals surface area contributed by atoms with Crippen LogP contribution in [0.1, 0.15) is 10.4 Å². The summed E-state index contributed by atoms with van der Waals surface area (Å²) in [6.07, 6.45) is 0. The third-order valence-corrected chi connectivity index (χ3v) is 5.70. The number of rotatable bonds is 6. The molecule has 0 N–H and O–H groups in total. The average Bonchev–Trinajstić information content (AvgIpc) is 3.05. The van der Waals surface area contributed by atoms with Crippen molar-refractivity contribution in [3.8, 4) is 11.1 Å². The lowest BCUT2D eigenvalue weighted by Crippen LogP contribution is -2.01. The van der Waals surface area contributed by atoms with Gasteiger partial charge in [-0.05, 0) is 5.56 Å². The molecule has 4 nitrogen and oxygen atoms in total. The SMILES string of the molecule is O=C(CSc1scc(-c2ccccc2)c1[N+](=O)[O-])c1ccccc1. The molecule has 1 aromatic heterocycles. The van der Waals surface area contributed by atoms with E-state index in [0.29, 0.717) is 15.3 Å². The zero-order valence-corrected chi connectivity index (χ0v) is 14.2. The Labute approximate surface area is 147 Å². The molecule has 0 saturated heterocycles. The summed E-state index contributed by atoms with van der Waals surface area (Å²) in [5, 5.41) is 13.3. The topological polar surface area (TPSA) is 60.2 Å². The quantitative estimate of drug-likeness (QED) is 0.261. The smallest absolute Gasteiger partial charge is 0.293 e. The molecule has 0 bridgehead atoms. The van der Waals surface area contributed by atoms with Gasteiger partial charge in [0.1, 0.15) is 4.21 Å². The Hall–Kier alpha value is -2.44. The lowest BCUT2D eigenvalue weighted by atomic mass is 10.1. The van der Waals surface area contributed by atoms with Gasteiger partial charge in [-0.3, -0.25) is 14.9 Å². The number of hydrogen-bond acceptors (Lipinski definition) is 5. The molecule has 0 saturated carbocycles. The largest absolute Gasteiger partial charge is 0.301 e. The molecule has 3 rings (SSSR count). The van der Waals surface area contributed by atoms with Crippen LogP contribution in [0, 0.1) is 10.1 Å². The van der Waals surface area contributed by atoms with Gasteiger partial charge in [-0.25, -0.2) is 0 Å². The first-order valence-electron chi connectivity index (χ1n) is 7.19. The number of carbonyl (C=O) groups excluding carboxylic acids is 1. The second-order valence-corrected chi connectivity index (χ2v) is 7.11. The molecule has 0 atom stereocenters. The van der Waals surface area contributed by atoms with Gasteiger partial charge in [0.2, 0.25) is 0 Å². The van der Waals surface area contributed by atoms with E-state index in [9.17, 15) is 14.9 Å². The van der Waals surface area contributed by atoms with Crippen LogP contribution in [-0.4, -0.2) is 16.5 Å². The van der Waals surface area contributed by atoms with Crippen molar-refractivity contribution in [2.24, 2.45) is 0 Å². The van der Waals surface area contributed by atoms with Crippen molar-refractivity contribution in [3.63, 3.8) is 0 Å². The first-order chi connectivity index (χ1) is 11.7. The summed E-state index contributed by atoms with van der Waals surface area (Å²) >= 11 is 2.53. The van der Waals surface area contributed by atoms with E-state index >= 15 is 0 Å². The normalized spacial score (nSPS) is 10.5. The van der Waals surface area contributed by atoms with Crippen LogP contribution in [0.4, 0.5) is 5.69 Å². The summed E-state index contributed by atoms with van der Waals surface area (Å²) < 4.78 is 0.558. The maximum atomic E-state index is 12.2. The Morgan fingerprint density at radius 3 is 2.29 bits per heavy atom. The van der Waals surface area contributed by atoms with Gasteiger partial charge >= 0.3 is 5.69 Å². The number of Topliss-reactive ketones (excluding diaryl/α,β-unsaturated/α-hetero) is 1. The van der Waals surface area contributed by atoms with Crippen molar-refractivity contribution in [2.45, 2.75) is 4.21 Å². The Kier molecular flexibility index (Phi) is 5.08. The molecule has 0 aliphatic heterocycles. The van der Waals surface area contributed by atoms with Crippen LogP contribution in [0.2, 0.25) is 0 Å². The van der Waals surface area contributed by atoms with Gasteiger partial charge in [0, 0.05) is 10.9 Å².